The minimum absolute atomic E-state index is 0.203. The van der Waals surface area contributed by atoms with Crippen molar-refractivity contribution in [3.63, 3.8) is 0 Å². The quantitative estimate of drug-likeness (QED) is 0.551. The summed E-state index contributed by atoms with van der Waals surface area (Å²) < 4.78 is 9.53. The molecule has 0 aromatic carbocycles. The van der Waals surface area contributed by atoms with Gasteiger partial charge in [-0.2, -0.15) is 0 Å². The van der Waals surface area contributed by atoms with Crippen molar-refractivity contribution in [1.82, 2.24) is 4.98 Å². The monoisotopic (exact) mass is 283 g/mol. The van der Waals surface area contributed by atoms with E-state index in [1.54, 1.807) is 6.07 Å². The Bertz CT molecular complexity index is 516. The van der Waals surface area contributed by atoms with E-state index in [0.717, 1.165) is 0 Å². The van der Waals surface area contributed by atoms with Crippen LogP contribution in [-0.4, -0.2) is 56.5 Å². The van der Waals surface area contributed by atoms with Gasteiger partial charge in [0.2, 0.25) is 6.29 Å². The first kappa shape index (κ1) is 14.3. The Kier molecular flexibility index (Phi) is 4.18. The second kappa shape index (κ2) is 5.87. The van der Waals surface area contributed by atoms with Crippen LogP contribution in [0, 0.1) is 0 Å². The Labute approximate surface area is 113 Å². The molecule has 4 N–H and O–H groups in total. The standard InChI is InChI=1S/C12H13NO7/c14-7(10-8(15)9(16)12(18)20-10)5-19-11(17)6-2-1-3-13-4-6/h1-4,7,10,12,14-16,18H,5H2/t7-,10+,12?/m0/s1. The fourth-order valence-corrected chi connectivity index (χ4v) is 1.63. The molecule has 0 spiro atoms. The number of carbonyl (C=O) groups is 1. The fraction of sp³-hybridized carbons (Fsp3) is 0.333. The Morgan fingerprint density at radius 3 is 2.75 bits per heavy atom. The SMILES string of the molecule is O=C(OC[C@H](O)[C@H]1OC(O)C(O)=C1O)c1cccnc1. The number of aromatic nitrogens is 1. The molecule has 20 heavy (non-hydrogen) atoms. The van der Waals surface area contributed by atoms with Gasteiger partial charge in [0.1, 0.15) is 12.7 Å². The molecule has 0 aliphatic carbocycles. The van der Waals surface area contributed by atoms with Crippen molar-refractivity contribution in [3.05, 3.63) is 41.6 Å². The molecule has 0 saturated heterocycles. The molecule has 108 valence electrons. The highest BCUT2D eigenvalue weighted by Crippen LogP contribution is 2.24. The Morgan fingerprint density at radius 2 is 2.20 bits per heavy atom. The first-order valence-electron chi connectivity index (χ1n) is 5.71. The van der Waals surface area contributed by atoms with Crippen LogP contribution in [0.4, 0.5) is 0 Å². The van der Waals surface area contributed by atoms with Crippen molar-refractivity contribution in [2.24, 2.45) is 0 Å². The van der Waals surface area contributed by atoms with Crippen molar-refractivity contribution in [3.8, 4) is 0 Å². The van der Waals surface area contributed by atoms with Crippen LogP contribution >= 0.6 is 0 Å². The van der Waals surface area contributed by atoms with Crippen LogP contribution in [0.15, 0.2) is 36.0 Å². The number of esters is 1. The number of rotatable bonds is 4. The predicted molar refractivity (Wildman–Crippen MR) is 63.7 cm³/mol. The molecular weight excluding hydrogens is 270 g/mol. The molecule has 1 unspecified atom stereocenters. The maximum absolute atomic E-state index is 11.6. The number of aliphatic hydroxyl groups excluding tert-OH is 4. The molecule has 0 amide bonds. The molecule has 1 aliphatic heterocycles. The third-order valence-electron chi connectivity index (χ3n) is 2.67. The molecule has 3 atom stereocenters. The highest BCUT2D eigenvalue weighted by Gasteiger charge is 2.38. The van der Waals surface area contributed by atoms with E-state index in [2.05, 4.69) is 4.98 Å². The molecule has 1 aromatic rings. The third kappa shape index (κ3) is 2.87. The van der Waals surface area contributed by atoms with Crippen molar-refractivity contribution >= 4 is 5.97 Å². The van der Waals surface area contributed by atoms with Gasteiger partial charge in [-0.05, 0) is 12.1 Å². The van der Waals surface area contributed by atoms with Gasteiger partial charge in [0.05, 0.1) is 5.56 Å². The molecule has 0 saturated carbocycles. The smallest absolute Gasteiger partial charge is 0.339 e. The van der Waals surface area contributed by atoms with E-state index in [1.165, 1.54) is 18.5 Å². The molecule has 2 heterocycles. The normalized spacial score (nSPS) is 23.7. The third-order valence-corrected chi connectivity index (χ3v) is 2.67. The Balaban J connectivity index is 1.90. The van der Waals surface area contributed by atoms with Crippen LogP contribution in [0.1, 0.15) is 10.4 Å². The highest BCUT2D eigenvalue weighted by atomic mass is 16.6. The molecule has 0 radical (unpaired) electrons. The van der Waals surface area contributed by atoms with Gasteiger partial charge in [0, 0.05) is 12.4 Å². The van der Waals surface area contributed by atoms with Gasteiger partial charge in [-0.3, -0.25) is 4.98 Å². The van der Waals surface area contributed by atoms with Crippen LogP contribution in [-0.2, 0) is 9.47 Å². The van der Waals surface area contributed by atoms with Crippen LogP contribution in [0.2, 0.25) is 0 Å². The lowest BCUT2D eigenvalue weighted by atomic mass is 10.2. The Hall–Kier alpha value is -2.16. The molecule has 1 aliphatic rings. The van der Waals surface area contributed by atoms with E-state index in [4.69, 9.17) is 19.7 Å². The topological polar surface area (TPSA) is 129 Å². The van der Waals surface area contributed by atoms with Crippen LogP contribution < -0.4 is 0 Å². The summed E-state index contributed by atoms with van der Waals surface area (Å²) in [4.78, 5) is 15.3. The van der Waals surface area contributed by atoms with Crippen LogP contribution in [0.5, 0.6) is 0 Å². The average molecular weight is 283 g/mol. The lowest BCUT2D eigenvalue weighted by Crippen LogP contribution is -2.34. The summed E-state index contributed by atoms with van der Waals surface area (Å²) in [6.07, 6.45) is -1.70. The van der Waals surface area contributed by atoms with Gasteiger partial charge >= 0.3 is 5.97 Å². The summed E-state index contributed by atoms with van der Waals surface area (Å²) in [5, 5.41) is 37.4. The van der Waals surface area contributed by atoms with E-state index < -0.39 is 42.6 Å². The van der Waals surface area contributed by atoms with E-state index in [0.29, 0.717) is 0 Å². The van der Waals surface area contributed by atoms with Crippen molar-refractivity contribution in [2.45, 2.75) is 18.5 Å². The zero-order valence-electron chi connectivity index (χ0n) is 10.2. The largest absolute Gasteiger partial charge is 0.506 e. The van der Waals surface area contributed by atoms with E-state index >= 15 is 0 Å². The summed E-state index contributed by atoms with van der Waals surface area (Å²) in [6.45, 7) is -0.484. The maximum Gasteiger partial charge on any atom is 0.339 e. The number of carbonyl (C=O) groups excluding carboxylic acids is 1. The molecule has 0 fully saturated rings. The first-order chi connectivity index (χ1) is 9.50. The summed E-state index contributed by atoms with van der Waals surface area (Å²) in [5.41, 5.74) is 0.203. The van der Waals surface area contributed by atoms with Crippen molar-refractivity contribution < 1.29 is 34.7 Å². The van der Waals surface area contributed by atoms with Gasteiger partial charge in [-0.15, -0.1) is 0 Å². The van der Waals surface area contributed by atoms with E-state index in [-0.39, 0.29) is 5.56 Å². The lowest BCUT2D eigenvalue weighted by molar-refractivity contribution is -0.135. The highest BCUT2D eigenvalue weighted by molar-refractivity contribution is 5.88. The van der Waals surface area contributed by atoms with Crippen LogP contribution in [0.25, 0.3) is 0 Å². The molecule has 8 nitrogen and oxygen atoms in total. The van der Waals surface area contributed by atoms with Gasteiger partial charge < -0.3 is 29.9 Å². The van der Waals surface area contributed by atoms with Gasteiger partial charge in [-0.25, -0.2) is 4.79 Å². The number of nitrogens with zero attached hydrogens (tertiary/aromatic N) is 1. The Morgan fingerprint density at radius 1 is 1.45 bits per heavy atom. The predicted octanol–water partition coefficient (Wildman–Crippen LogP) is -0.356. The molecule has 1 aromatic heterocycles. The molecule has 8 heteroatoms. The summed E-state index contributed by atoms with van der Waals surface area (Å²) in [6, 6.07) is 3.04. The van der Waals surface area contributed by atoms with E-state index in [9.17, 15) is 15.0 Å². The van der Waals surface area contributed by atoms with Crippen molar-refractivity contribution in [2.75, 3.05) is 6.61 Å². The second-order valence-electron chi connectivity index (χ2n) is 4.09. The van der Waals surface area contributed by atoms with Gasteiger partial charge in [-0.1, -0.05) is 0 Å². The molecule has 2 rings (SSSR count). The number of ether oxygens (including phenoxy) is 2. The second-order valence-corrected chi connectivity index (χ2v) is 4.09. The number of pyridine rings is 1. The summed E-state index contributed by atoms with van der Waals surface area (Å²) >= 11 is 0. The fourth-order valence-electron chi connectivity index (χ4n) is 1.63. The first-order valence-corrected chi connectivity index (χ1v) is 5.71. The molecule has 0 bridgehead atoms. The summed E-state index contributed by atoms with van der Waals surface area (Å²) in [5.74, 6) is -2.17. The minimum atomic E-state index is -1.70. The van der Waals surface area contributed by atoms with Gasteiger partial charge in [0.15, 0.2) is 17.6 Å². The zero-order chi connectivity index (χ0) is 14.7. The molecular formula is C12H13NO7. The zero-order valence-corrected chi connectivity index (χ0v) is 10.2. The van der Waals surface area contributed by atoms with Gasteiger partial charge in [0.25, 0.3) is 0 Å². The maximum atomic E-state index is 11.6. The number of hydrogen-bond acceptors (Lipinski definition) is 8. The van der Waals surface area contributed by atoms with E-state index in [1.807, 2.05) is 0 Å². The summed E-state index contributed by atoms with van der Waals surface area (Å²) in [7, 11) is 0. The van der Waals surface area contributed by atoms with Crippen molar-refractivity contribution in [1.29, 1.82) is 0 Å². The van der Waals surface area contributed by atoms with Crippen LogP contribution in [0.3, 0.4) is 0 Å². The average Bonchev–Trinajstić information content (AvgIpc) is 2.73. The minimum Gasteiger partial charge on any atom is -0.506 e. The number of hydrogen-bond donors (Lipinski definition) is 4. The number of aliphatic hydroxyl groups is 4. The lowest BCUT2D eigenvalue weighted by Gasteiger charge is -2.18.